The number of phenolic OH excluding ortho intramolecular Hbond substituents is 1. The van der Waals surface area contributed by atoms with E-state index in [1.807, 2.05) is 42.5 Å². The molecular weight excluding hydrogens is 521 g/mol. The minimum Gasteiger partial charge on any atom is -0.505 e. The number of ketones is 2. The van der Waals surface area contributed by atoms with Crippen LogP contribution in [0.25, 0.3) is 5.57 Å². The number of benzene rings is 3. The number of carbonyl (C=O) groups is 4. The third-order valence-electron chi connectivity index (χ3n) is 9.52. The van der Waals surface area contributed by atoms with Gasteiger partial charge in [-0.15, -0.1) is 0 Å². The van der Waals surface area contributed by atoms with Gasteiger partial charge in [-0.25, -0.2) is 4.39 Å². The highest BCUT2D eigenvalue weighted by Crippen LogP contribution is 2.63. The second-order valence-electron chi connectivity index (χ2n) is 11.4. The van der Waals surface area contributed by atoms with Gasteiger partial charge in [0.1, 0.15) is 0 Å². The fraction of sp³-hybridized carbons (Fsp3) is 0.235. The Kier molecular flexibility index (Phi) is 5.68. The molecule has 7 rings (SSSR count). The molecule has 2 N–H and O–H groups in total. The van der Waals surface area contributed by atoms with E-state index in [-0.39, 0.29) is 29.8 Å². The second-order valence-corrected chi connectivity index (χ2v) is 11.4. The molecule has 7 heteroatoms. The Labute approximate surface area is 235 Å². The maximum absolute atomic E-state index is 15.0. The Hall–Kier alpha value is -4.65. The summed E-state index contributed by atoms with van der Waals surface area (Å²) in [5, 5.41) is 12.5. The molecule has 3 aromatic carbocycles. The zero-order valence-corrected chi connectivity index (χ0v) is 21.9. The number of phenols is 1. The number of imide groups is 1. The molecule has 2 fully saturated rings. The molecule has 3 aliphatic carbocycles. The molecule has 3 aromatic rings. The van der Waals surface area contributed by atoms with Gasteiger partial charge in [0.05, 0.1) is 17.3 Å². The molecule has 1 saturated carbocycles. The van der Waals surface area contributed by atoms with Crippen LogP contribution in [0.2, 0.25) is 0 Å². The molecule has 0 unspecified atom stereocenters. The number of halogens is 1. The smallest absolute Gasteiger partial charge is 0.231 e. The number of Topliss-reactive ketones (excluding diaryl/α,β-unsaturated/α-hetero) is 1. The normalized spacial score (nSPS) is 30.5. The lowest BCUT2D eigenvalue weighted by atomic mass is 9.44. The van der Waals surface area contributed by atoms with Crippen LogP contribution in [-0.2, 0) is 24.6 Å². The van der Waals surface area contributed by atoms with Crippen LogP contribution in [-0.4, -0.2) is 28.5 Å². The fourth-order valence-electron chi connectivity index (χ4n) is 7.86. The van der Waals surface area contributed by atoms with E-state index in [2.05, 4.69) is 5.32 Å². The molecule has 41 heavy (non-hydrogen) atoms. The lowest BCUT2D eigenvalue weighted by molar-refractivity contribution is -0.135. The second kappa shape index (κ2) is 9.20. The fourth-order valence-corrected chi connectivity index (χ4v) is 7.86. The quantitative estimate of drug-likeness (QED) is 0.368. The Balaban J connectivity index is 1.53. The van der Waals surface area contributed by atoms with E-state index in [0.29, 0.717) is 28.7 Å². The first kappa shape index (κ1) is 25.3. The summed E-state index contributed by atoms with van der Waals surface area (Å²) < 4.78 is 15.0. The van der Waals surface area contributed by atoms with Gasteiger partial charge in [-0.05, 0) is 53.7 Å². The monoisotopic (exact) mass is 547 g/mol. The number of aromatic hydroxyl groups is 1. The van der Waals surface area contributed by atoms with Crippen LogP contribution in [0.1, 0.15) is 35.4 Å². The van der Waals surface area contributed by atoms with Crippen molar-refractivity contribution in [3.63, 3.8) is 0 Å². The first-order chi connectivity index (χ1) is 19.8. The van der Waals surface area contributed by atoms with Crippen LogP contribution in [0.3, 0.4) is 0 Å². The Morgan fingerprint density at radius 1 is 0.854 bits per heavy atom. The minimum absolute atomic E-state index is 0.189. The molecule has 204 valence electrons. The van der Waals surface area contributed by atoms with Crippen molar-refractivity contribution in [1.82, 2.24) is 5.32 Å². The number of nitrogens with one attached hydrogen (secondary N) is 1. The largest absolute Gasteiger partial charge is 0.505 e. The Morgan fingerprint density at radius 2 is 1.56 bits per heavy atom. The number of hydrogen-bond donors (Lipinski definition) is 2. The van der Waals surface area contributed by atoms with Crippen LogP contribution in [0.5, 0.6) is 5.75 Å². The van der Waals surface area contributed by atoms with Gasteiger partial charge in [0.15, 0.2) is 23.1 Å². The highest BCUT2D eigenvalue weighted by atomic mass is 19.1. The lowest BCUT2D eigenvalue weighted by Crippen LogP contribution is -2.58. The molecule has 0 spiro atoms. The standard InChI is InChI=1S/C34H26FNO5/c35-26-15-19(11-14-27(26)37)30-21-12-13-22-29(33(41)36-32(22)40)24(21)16-25-31(39)23(18-7-3-1-4-8-18)17-28(38)34(25,30)20-9-5-2-6-10-20/h1-12,14-15,17,22,24-25,29-30,37H,13,16H2,(H,36,40,41)/t22-,24+,25-,29-,30-,34-/m0/s1. The summed E-state index contributed by atoms with van der Waals surface area (Å²) in [5.74, 6) is -6.03. The maximum atomic E-state index is 15.0. The molecule has 0 bridgehead atoms. The third-order valence-corrected chi connectivity index (χ3v) is 9.52. The van der Waals surface area contributed by atoms with Gasteiger partial charge in [-0.2, -0.15) is 0 Å². The molecule has 2 amide bonds. The van der Waals surface area contributed by atoms with Crippen LogP contribution in [0.4, 0.5) is 4.39 Å². The van der Waals surface area contributed by atoms with Gasteiger partial charge in [-0.3, -0.25) is 24.5 Å². The molecule has 0 radical (unpaired) electrons. The average Bonchev–Trinajstić information content (AvgIpc) is 3.29. The summed E-state index contributed by atoms with van der Waals surface area (Å²) in [6, 6.07) is 22.1. The first-order valence-electron chi connectivity index (χ1n) is 13.8. The first-order valence-corrected chi connectivity index (χ1v) is 13.8. The van der Waals surface area contributed by atoms with E-state index in [1.165, 1.54) is 18.2 Å². The predicted octanol–water partition coefficient (Wildman–Crippen LogP) is 4.64. The molecule has 1 saturated heterocycles. The Morgan fingerprint density at radius 3 is 2.27 bits per heavy atom. The van der Waals surface area contributed by atoms with Crippen molar-refractivity contribution in [2.75, 3.05) is 0 Å². The van der Waals surface area contributed by atoms with Crippen molar-refractivity contribution in [2.45, 2.75) is 24.2 Å². The molecular formula is C34H26FNO5. The van der Waals surface area contributed by atoms with Crippen molar-refractivity contribution in [1.29, 1.82) is 0 Å². The number of allylic oxidation sites excluding steroid dienone is 4. The molecule has 6 nitrogen and oxygen atoms in total. The van der Waals surface area contributed by atoms with E-state index in [1.54, 1.807) is 30.3 Å². The topological polar surface area (TPSA) is 101 Å². The predicted molar refractivity (Wildman–Crippen MR) is 148 cm³/mol. The number of rotatable bonds is 3. The van der Waals surface area contributed by atoms with Gasteiger partial charge in [-0.1, -0.05) is 78.4 Å². The molecule has 1 heterocycles. The van der Waals surface area contributed by atoms with Crippen molar-refractivity contribution in [2.24, 2.45) is 23.7 Å². The average molecular weight is 548 g/mol. The number of carbonyl (C=O) groups excluding carboxylic acids is 4. The molecule has 0 aromatic heterocycles. The zero-order valence-electron chi connectivity index (χ0n) is 21.9. The van der Waals surface area contributed by atoms with Gasteiger partial charge in [0.2, 0.25) is 11.8 Å². The van der Waals surface area contributed by atoms with E-state index in [0.717, 1.165) is 5.57 Å². The van der Waals surface area contributed by atoms with E-state index < -0.39 is 46.6 Å². The van der Waals surface area contributed by atoms with E-state index in [4.69, 9.17) is 0 Å². The zero-order chi connectivity index (χ0) is 28.5. The summed E-state index contributed by atoms with van der Waals surface area (Å²) in [6.07, 6.45) is 3.82. The highest BCUT2D eigenvalue weighted by molar-refractivity contribution is 6.31. The van der Waals surface area contributed by atoms with Crippen LogP contribution >= 0.6 is 0 Å². The summed E-state index contributed by atoms with van der Waals surface area (Å²) in [7, 11) is 0. The number of amides is 2. The third kappa shape index (κ3) is 3.54. The van der Waals surface area contributed by atoms with Crippen molar-refractivity contribution in [3.8, 4) is 5.75 Å². The van der Waals surface area contributed by atoms with E-state index >= 15 is 0 Å². The summed E-state index contributed by atoms with van der Waals surface area (Å²) >= 11 is 0. The van der Waals surface area contributed by atoms with Crippen molar-refractivity contribution >= 4 is 29.0 Å². The SMILES string of the molecule is O=C1NC(=O)[C@H]2CC=C3[C@@H](C[C@H]4C(=O)C(c5ccccc5)=CC(=O)[C@@]4(c4ccccc4)[C@H]3c3ccc(O)c(F)c3)[C@@H]12. The van der Waals surface area contributed by atoms with Gasteiger partial charge >= 0.3 is 0 Å². The lowest BCUT2D eigenvalue weighted by Gasteiger charge is -2.55. The van der Waals surface area contributed by atoms with Crippen LogP contribution in [0.15, 0.2) is 96.6 Å². The summed E-state index contributed by atoms with van der Waals surface area (Å²) in [6.45, 7) is 0. The maximum Gasteiger partial charge on any atom is 0.231 e. The molecule has 4 aliphatic rings. The summed E-state index contributed by atoms with van der Waals surface area (Å²) in [4.78, 5) is 55.1. The summed E-state index contributed by atoms with van der Waals surface area (Å²) in [5.41, 5.74) is 1.29. The number of hydrogen-bond acceptors (Lipinski definition) is 5. The van der Waals surface area contributed by atoms with Crippen LogP contribution < -0.4 is 5.32 Å². The Bertz CT molecular complexity index is 1690. The van der Waals surface area contributed by atoms with Gasteiger partial charge < -0.3 is 5.11 Å². The van der Waals surface area contributed by atoms with Gasteiger partial charge in [0.25, 0.3) is 0 Å². The van der Waals surface area contributed by atoms with Crippen molar-refractivity contribution < 1.29 is 28.7 Å². The van der Waals surface area contributed by atoms with E-state index in [9.17, 15) is 28.7 Å². The van der Waals surface area contributed by atoms with Crippen LogP contribution in [0, 0.1) is 29.5 Å². The minimum atomic E-state index is -1.42. The number of fused-ring (bicyclic) bond motifs is 4. The van der Waals surface area contributed by atoms with Crippen molar-refractivity contribution in [3.05, 3.63) is 119 Å². The highest BCUT2D eigenvalue weighted by Gasteiger charge is 2.65. The molecule has 6 atom stereocenters. The molecule has 1 aliphatic heterocycles. The van der Waals surface area contributed by atoms with Gasteiger partial charge in [0, 0.05) is 17.4 Å².